The Labute approximate surface area is 114 Å². The van der Waals surface area contributed by atoms with Crippen molar-refractivity contribution in [2.75, 3.05) is 46.4 Å². The van der Waals surface area contributed by atoms with Crippen LogP contribution in [-0.2, 0) is 14.3 Å². The lowest BCUT2D eigenvalue weighted by Gasteiger charge is -2.34. The van der Waals surface area contributed by atoms with Gasteiger partial charge in [-0.05, 0) is 12.8 Å². The second kappa shape index (κ2) is 6.86. The number of amides is 2. The molecule has 2 aliphatic rings. The lowest BCUT2D eigenvalue weighted by molar-refractivity contribution is -0.141. The van der Waals surface area contributed by atoms with Crippen molar-refractivity contribution >= 4 is 11.8 Å². The van der Waals surface area contributed by atoms with Crippen molar-refractivity contribution in [2.24, 2.45) is 0 Å². The van der Waals surface area contributed by atoms with Crippen molar-refractivity contribution < 1.29 is 14.3 Å². The van der Waals surface area contributed by atoms with E-state index in [1.807, 2.05) is 4.90 Å². The summed E-state index contributed by atoms with van der Waals surface area (Å²) in [6.07, 6.45) is 3.05. The standard InChI is InChI=1S/C13H23N3O3/c1-19-10-13(18)16-8-6-15(7-9-16)12(17)4-5-14-11-2-3-11/h11,14H,2-10H2,1H3. The van der Waals surface area contributed by atoms with E-state index in [4.69, 9.17) is 4.74 Å². The topological polar surface area (TPSA) is 61.9 Å². The number of carbonyl (C=O) groups is 2. The van der Waals surface area contributed by atoms with Gasteiger partial charge in [0.05, 0.1) is 0 Å². The molecule has 1 aliphatic heterocycles. The molecule has 1 saturated carbocycles. The SMILES string of the molecule is COCC(=O)N1CCN(C(=O)CCNC2CC2)CC1. The van der Waals surface area contributed by atoms with Gasteiger partial charge >= 0.3 is 0 Å². The molecule has 0 aromatic heterocycles. The average molecular weight is 269 g/mol. The monoisotopic (exact) mass is 269 g/mol. The average Bonchev–Trinajstić information content (AvgIpc) is 3.23. The molecule has 0 spiro atoms. The maximum atomic E-state index is 12.0. The summed E-state index contributed by atoms with van der Waals surface area (Å²) in [5, 5.41) is 3.34. The van der Waals surface area contributed by atoms with E-state index in [1.54, 1.807) is 4.90 Å². The first-order valence-electron chi connectivity index (χ1n) is 6.98. The van der Waals surface area contributed by atoms with Crippen LogP contribution in [0.2, 0.25) is 0 Å². The van der Waals surface area contributed by atoms with Gasteiger partial charge in [-0.3, -0.25) is 9.59 Å². The Morgan fingerprint density at radius 2 is 1.68 bits per heavy atom. The number of hydrogen-bond acceptors (Lipinski definition) is 4. The van der Waals surface area contributed by atoms with Crippen molar-refractivity contribution in [1.82, 2.24) is 15.1 Å². The molecule has 6 nitrogen and oxygen atoms in total. The van der Waals surface area contributed by atoms with Crippen LogP contribution in [0.3, 0.4) is 0 Å². The van der Waals surface area contributed by atoms with Crippen molar-refractivity contribution in [3.05, 3.63) is 0 Å². The number of nitrogens with zero attached hydrogens (tertiary/aromatic N) is 2. The fourth-order valence-corrected chi connectivity index (χ4v) is 2.25. The van der Waals surface area contributed by atoms with E-state index in [9.17, 15) is 9.59 Å². The van der Waals surface area contributed by atoms with Gasteiger partial charge in [0.25, 0.3) is 0 Å². The molecule has 0 unspecified atom stereocenters. The highest BCUT2D eigenvalue weighted by Crippen LogP contribution is 2.18. The van der Waals surface area contributed by atoms with Gasteiger partial charge in [-0.15, -0.1) is 0 Å². The Morgan fingerprint density at radius 1 is 1.11 bits per heavy atom. The summed E-state index contributed by atoms with van der Waals surface area (Å²) in [4.78, 5) is 27.2. The number of rotatable bonds is 6. The van der Waals surface area contributed by atoms with Crippen LogP contribution in [0.1, 0.15) is 19.3 Å². The summed E-state index contributed by atoms with van der Waals surface area (Å²) >= 11 is 0. The minimum atomic E-state index is 0.00463. The highest BCUT2D eigenvalue weighted by Gasteiger charge is 2.24. The first kappa shape index (κ1) is 14.3. The molecule has 0 bridgehead atoms. The van der Waals surface area contributed by atoms with E-state index in [-0.39, 0.29) is 18.4 Å². The van der Waals surface area contributed by atoms with Crippen molar-refractivity contribution in [3.8, 4) is 0 Å². The zero-order valence-corrected chi connectivity index (χ0v) is 11.6. The maximum absolute atomic E-state index is 12.0. The predicted molar refractivity (Wildman–Crippen MR) is 70.7 cm³/mol. The van der Waals surface area contributed by atoms with Crippen LogP contribution in [0, 0.1) is 0 Å². The van der Waals surface area contributed by atoms with Crippen LogP contribution >= 0.6 is 0 Å². The van der Waals surface area contributed by atoms with Crippen LogP contribution in [0.25, 0.3) is 0 Å². The predicted octanol–water partition coefficient (Wildman–Crippen LogP) is -0.554. The lowest BCUT2D eigenvalue weighted by Crippen LogP contribution is -2.51. The minimum absolute atomic E-state index is 0.00463. The quantitative estimate of drug-likeness (QED) is 0.702. The van der Waals surface area contributed by atoms with Gasteiger partial charge in [0.15, 0.2) is 0 Å². The molecule has 1 N–H and O–H groups in total. The summed E-state index contributed by atoms with van der Waals surface area (Å²) in [6, 6.07) is 0.649. The fourth-order valence-electron chi connectivity index (χ4n) is 2.25. The molecule has 0 aromatic carbocycles. The second-order valence-electron chi connectivity index (χ2n) is 5.17. The molecule has 6 heteroatoms. The smallest absolute Gasteiger partial charge is 0.248 e. The third-order valence-electron chi connectivity index (χ3n) is 3.60. The Bertz CT molecular complexity index is 323. The van der Waals surface area contributed by atoms with Crippen LogP contribution in [0.5, 0.6) is 0 Å². The normalized spacial score (nSPS) is 19.6. The van der Waals surface area contributed by atoms with Crippen LogP contribution in [0.15, 0.2) is 0 Å². The molecule has 1 aliphatic carbocycles. The Morgan fingerprint density at radius 3 is 2.21 bits per heavy atom. The summed E-state index contributed by atoms with van der Waals surface area (Å²) in [5.41, 5.74) is 0. The molecule has 0 atom stereocenters. The van der Waals surface area contributed by atoms with E-state index in [2.05, 4.69) is 5.32 Å². The number of carbonyl (C=O) groups excluding carboxylic acids is 2. The number of hydrogen-bond donors (Lipinski definition) is 1. The Balaban J connectivity index is 1.63. The number of nitrogens with one attached hydrogen (secondary N) is 1. The molecule has 2 rings (SSSR count). The maximum Gasteiger partial charge on any atom is 0.248 e. The molecule has 2 fully saturated rings. The third kappa shape index (κ3) is 4.47. The van der Waals surface area contributed by atoms with Gasteiger partial charge < -0.3 is 19.9 Å². The van der Waals surface area contributed by atoms with E-state index in [1.165, 1.54) is 20.0 Å². The highest BCUT2D eigenvalue weighted by molar-refractivity contribution is 5.79. The summed E-state index contributed by atoms with van der Waals surface area (Å²) in [5.74, 6) is 0.192. The van der Waals surface area contributed by atoms with Gasteiger partial charge in [0.1, 0.15) is 6.61 Å². The summed E-state index contributed by atoms with van der Waals surface area (Å²) in [7, 11) is 1.52. The number of piperazine rings is 1. The van der Waals surface area contributed by atoms with Crippen LogP contribution < -0.4 is 5.32 Å². The molecule has 0 aromatic rings. The van der Waals surface area contributed by atoms with Gasteiger partial charge in [-0.1, -0.05) is 0 Å². The van der Waals surface area contributed by atoms with Crippen molar-refractivity contribution in [3.63, 3.8) is 0 Å². The van der Waals surface area contributed by atoms with E-state index < -0.39 is 0 Å². The summed E-state index contributed by atoms with van der Waals surface area (Å²) < 4.78 is 4.83. The molecule has 19 heavy (non-hydrogen) atoms. The molecular weight excluding hydrogens is 246 g/mol. The first-order chi connectivity index (χ1) is 9.20. The van der Waals surface area contributed by atoms with E-state index >= 15 is 0 Å². The van der Waals surface area contributed by atoms with Crippen LogP contribution in [0.4, 0.5) is 0 Å². The van der Waals surface area contributed by atoms with Crippen molar-refractivity contribution in [2.45, 2.75) is 25.3 Å². The molecular formula is C13H23N3O3. The first-order valence-corrected chi connectivity index (χ1v) is 6.98. The minimum Gasteiger partial charge on any atom is -0.375 e. The summed E-state index contributed by atoms with van der Waals surface area (Å²) in [6.45, 7) is 3.40. The van der Waals surface area contributed by atoms with Crippen LogP contribution in [-0.4, -0.2) is 74.1 Å². The van der Waals surface area contributed by atoms with Gasteiger partial charge in [0, 0.05) is 52.3 Å². The number of ether oxygens (including phenoxy) is 1. The van der Waals surface area contributed by atoms with E-state index in [0.717, 1.165) is 6.54 Å². The zero-order valence-electron chi connectivity index (χ0n) is 11.6. The molecule has 0 radical (unpaired) electrons. The molecule has 2 amide bonds. The zero-order chi connectivity index (χ0) is 13.7. The van der Waals surface area contributed by atoms with E-state index in [0.29, 0.717) is 38.6 Å². The van der Waals surface area contributed by atoms with Crippen molar-refractivity contribution in [1.29, 1.82) is 0 Å². The molecule has 1 heterocycles. The Hall–Kier alpha value is -1.14. The van der Waals surface area contributed by atoms with Gasteiger partial charge in [0.2, 0.25) is 11.8 Å². The van der Waals surface area contributed by atoms with Gasteiger partial charge in [-0.25, -0.2) is 0 Å². The highest BCUT2D eigenvalue weighted by atomic mass is 16.5. The lowest BCUT2D eigenvalue weighted by atomic mass is 10.2. The number of methoxy groups -OCH3 is 1. The third-order valence-corrected chi connectivity index (χ3v) is 3.60. The van der Waals surface area contributed by atoms with Gasteiger partial charge in [-0.2, -0.15) is 0 Å². The largest absolute Gasteiger partial charge is 0.375 e. The molecule has 108 valence electrons. The second-order valence-corrected chi connectivity index (χ2v) is 5.17. The Kier molecular flexibility index (Phi) is 5.15. The fraction of sp³-hybridized carbons (Fsp3) is 0.846. The molecule has 1 saturated heterocycles.